The van der Waals surface area contributed by atoms with Gasteiger partial charge in [0.2, 0.25) is 5.79 Å². The number of carbonyl (C=O) groups is 2. The van der Waals surface area contributed by atoms with E-state index in [1.165, 1.54) is 6.92 Å². The number of ether oxygens (including phenoxy) is 3. The summed E-state index contributed by atoms with van der Waals surface area (Å²) in [5.74, 6) is -2.25. The van der Waals surface area contributed by atoms with Gasteiger partial charge in [-0.05, 0) is 0 Å². The second-order valence-corrected chi connectivity index (χ2v) is 2.88. The first-order chi connectivity index (χ1) is 5.41. The third-order valence-electron chi connectivity index (χ3n) is 1.20. The van der Waals surface area contributed by atoms with Crippen LogP contribution in [0.15, 0.2) is 0 Å². The van der Waals surface area contributed by atoms with Crippen LogP contribution in [0.5, 0.6) is 0 Å². The molecule has 1 aliphatic rings. The summed E-state index contributed by atoms with van der Waals surface area (Å²) < 4.78 is 14.2. The highest BCUT2D eigenvalue weighted by molar-refractivity contribution is 5.78. The predicted octanol–water partition coefficient (Wildman–Crippen LogP) is 0.185. The molecule has 0 bridgehead atoms. The molecule has 0 aromatic carbocycles. The molecule has 68 valence electrons. The molecule has 1 aliphatic heterocycles. The van der Waals surface area contributed by atoms with Crippen molar-refractivity contribution >= 4 is 11.9 Å². The number of esters is 2. The van der Waals surface area contributed by atoms with E-state index in [9.17, 15) is 9.59 Å². The molecule has 1 saturated heterocycles. The molecule has 1 unspecified atom stereocenters. The summed E-state index contributed by atoms with van der Waals surface area (Å²) in [6.45, 7) is 4.32. The van der Waals surface area contributed by atoms with Gasteiger partial charge in [-0.2, -0.15) is 0 Å². The number of cyclic esters (lactones) is 1. The zero-order valence-electron chi connectivity index (χ0n) is 7.12. The monoisotopic (exact) mass is 174 g/mol. The average Bonchev–Trinajstić information content (AvgIpc) is 2.03. The first kappa shape index (κ1) is 8.99. The highest BCUT2D eigenvalue weighted by atomic mass is 16.8. The molecular formula is C7H10O5. The molecule has 0 spiro atoms. The number of hydrogen-bond acceptors (Lipinski definition) is 5. The zero-order valence-corrected chi connectivity index (χ0v) is 7.12. The third kappa shape index (κ3) is 1.94. The Morgan fingerprint density at radius 2 is 2.17 bits per heavy atom. The van der Waals surface area contributed by atoms with Gasteiger partial charge >= 0.3 is 18.2 Å². The maximum Gasteiger partial charge on any atom is 0.379 e. The highest BCUT2D eigenvalue weighted by Gasteiger charge is 2.43. The summed E-state index contributed by atoms with van der Waals surface area (Å²) in [6, 6.07) is 0. The molecule has 12 heavy (non-hydrogen) atoms. The van der Waals surface area contributed by atoms with Crippen LogP contribution in [-0.4, -0.2) is 24.0 Å². The summed E-state index contributed by atoms with van der Waals surface area (Å²) in [5.41, 5.74) is 0. The Hall–Kier alpha value is -1.10. The number of rotatable bonds is 1. The van der Waals surface area contributed by atoms with Crippen LogP contribution in [0.2, 0.25) is 0 Å². The van der Waals surface area contributed by atoms with Crippen LogP contribution in [0.4, 0.5) is 0 Å². The summed E-state index contributed by atoms with van der Waals surface area (Å²) in [5, 5.41) is 0. The summed E-state index contributed by atoms with van der Waals surface area (Å²) in [6.07, 6.45) is -1.21. The standard InChI is InChI=1S/C7H10O5/c1-4(8)10-6-5(9)11-7(2,3)12-6/h6H,1-3H3. The van der Waals surface area contributed by atoms with Crippen LogP contribution >= 0.6 is 0 Å². The average molecular weight is 174 g/mol. The summed E-state index contributed by atoms with van der Waals surface area (Å²) in [7, 11) is 0. The molecule has 0 radical (unpaired) electrons. The minimum absolute atomic E-state index is 0.574. The SMILES string of the molecule is CC(=O)OC1OC(C)(C)OC1=O. The Morgan fingerprint density at radius 3 is 2.50 bits per heavy atom. The van der Waals surface area contributed by atoms with Gasteiger partial charge in [0.15, 0.2) is 0 Å². The van der Waals surface area contributed by atoms with Crippen LogP contribution < -0.4 is 0 Å². The van der Waals surface area contributed by atoms with Crippen molar-refractivity contribution in [3.8, 4) is 0 Å². The normalized spacial score (nSPS) is 26.6. The molecular weight excluding hydrogens is 164 g/mol. The van der Waals surface area contributed by atoms with Crippen molar-refractivity contribution in [3.63, 3.8) is 0 Å². The molecule has 0 aromatic rings. The number of hydrogen-bond donors (Lipinski definition) is 0. The van der Waals surface area contributed by atoms with Crippen LogP contribution in [0.3, 0.4) is 0 Å². The van der Waals surface area contributed by atoms with Gasteiger partial charge < -0.3 is 9.47 Å². The van der Waals surface area contributed by atoms with E-state index in [1.807, 2.05) is 0 Å². The second-order valence-electron chi connectivity index (χ2n) is 2.88. The molecule has 1 rings (SSSR count). The fraction of sp³-hybridized carbons (Fsp3) is 0.714. The Bertz CT molecular complexity index is 220. The van der Waals surface area contributed by atoms with Crippen molar-refractivity contribution in [2.75, 3.05) is 0 Å². The van der Waals surface area contributed by atoms with Gasteiger partial charge in [-0.3, -0.25) is 9.53 Å². The Labute approximate surface area is 69.6 Å². The first-order valence-corrected chi connectivity index (χ1v) is 3.48. The Balaban J connectivity index is 2.58. The lowest BCUT2D eigenvalue weighted by molar-refractivity contribution is -0.196. The van der Waals surface area contributed by atoms with E-state index in [-0.39, 0.29) is 0 Å². The largest absolute Gasteiger partial charge is 0.429 e. The fourth-order valence-corrected chi connectivity index (χ4v) is 0.843. The topological polar surface area (TPSA) is 61.8 Å². The van der Waals surface area contributed by atoms with E-state index in [1.54, 1.807) is 13.8 Å². The molecule has 0 N–H and O–H groups in total. The Morgan fingerprint density at radius 1 is 1.58 bits per heavy atom. The van der Waals surface area contributed by atoms with Crippen LogP contribution in [0, 0.1) is 0 Å². The van der Waals surface area contributed by atoms with E-state index in [2.05, 4.69) is 4.74 Å². The van der Waals surface area contributed by atoms with Crippen LogP contribution in [-0.2, 0) is 23.8 Å². The van der Waals surface area contributed by atoms with E-state index >= 15 is 0 Å². The van der Waals surface area contributed by atoms with Crippen LogP contribution in [0.1, 0.15) is 20.8 Å². The van der Waals surface area contributed by atoms with Crippen molar-refractivity contribution in [1.29, 1.82) is 0 Å². The smallest absolute Gasteiger partial charge is 0.379 e. The molecule has 1 fully saturated rings. The van der Waals surface area contributed by atoms with Gasteiger partial charge in [-0.1, -0.05) is 0 Å². The Kier molecular flexibility index (Phi) is 2.06. The van der Waals surface area contributed by atoms with Gasteiger partial charge in [0.25, 0.3) is 0 Å². The van der Waals surface area contributed by atoms with Crippen LogP contribution in [0.25, 0.3) is 0 Å². The first-order valence-electron chi connectivity index (χ1n) is 3.48. The summed E-state index contributed by atoms with van der Waals surface area (Å²) >= 11 is 0. The van der Waals surface area contributed by atoms with Crippen molar-refractivity contribution in [2.24, 2.45) is 0 Å². The van der Waals surface area contributed by atoms with Crippen molar-refractivity contribution in [2.45, 2.75) is 32.8 Å². The lowest BCUT2D eigenvalue weighted by Gasteiger charge is -2.14. The van der Waals surface area contributed by atoms with Gasteiger partial charge in [-0.15, -0.1) is 0 Å². The van der Waals surface area contributed by atoms with Crippen molar-refractivity contribution in [3.05, 3.63) is 0 Å². The lowest BCUT2D eigenvalue weighted by Crippen LogP contribution is -2.24. The molecule has 1 atom stereocenters. The quantitative estimate of drug-likeness (QED) is 0.531. The molecule has 5 nitrogen and oxygen atoms in total. The van der Waals surface area contributed by atoms with Crippen molar-refractivity contribution < 1.29 is 23.8 Å². The van der Waals surface area contributed by atoms with E-state index in [0.717, 1.165) is 0 Å². The van der Waals surface area contributed by atoms with Gasteiger partial charge in [0, 0.05) is 20.8 Å². The lowest BCUT2D eigenvalue weighted by atomic mass is 10.4. The van der Waals surface area contributed by atoms with Gasteiger partial charge in [0.1, 0.15) is 0 Å². The second kappa shape index (κ2) is 2.75. The maximum absolute atomic E-state index is 10.9. The summed E-state index contributed by atoms with van der Waals surface area (Å²) in [4.78, 5) is 21.3. The molecule has 0 amide bonds. The zero-order chi connectivity index (χ0) is 9.35. The van der Waals surface area contributed by atoms with Gasteiger partial charge in [0.05, 0.1) is 0 Å². The highest BCUT2D eigenvalue weighted by Crippen LogP contribution is 2.23. The molecule has 0 aliphatic carbocycles. The minimum atomic E-state index is -1.21. The van der Waals surface area contributed by atoms with E-state index in [0.29, 0.717) is 0 Å². The number of carbonyl (C=O) groups excluding carboxylic acids is 2. The molecule has 1 heterocycles. The van der Waals surface area contributed by atoms with Crippen molar-refractivity contribution in [1.82, 2.24) is 0 Å². The van der Waals surface area contributed by atoms with Gasteiger partial charge in [-0.25, -0.2) is 4.79 Å². The van der Waals surface area contributed by atoms with E-state index in [4.69, 9.17) is 9.47 Å². The predicted molar refractivity (Wildman–Crippen MR) is 36.8 cm³/mol. The van der Waals surface area contributed by atoms with E-state index < -0.39 is 24.0 Å². The molecule has 0 aromatic heterocycles. The molecule has 0 saturated carbocycles. The minimum Gasteiger partial charge on any atom is -0.429 e. The third-order valence-corrected chi connectivity index (χ3v) is 1.20. The maximum atomic E-state index is 10.9. The molecule has 5 heteroatoms. The fourth-order valence-electron chi connectivity index (χ4n) is 0.843.